The minimum atomic E-state index is -0.444. The highest BCUT2D eigenvalue weighted by Crippen LogP contribution is 2.30. The lowest BCUT2D eigenvalue weighted by Gasteiger charge is -2.04. The van der Waals surface area contributed by atoms with Crippen molar-refractivity contribution in [2.45, 2.75) is 40.7 Å². The highest BCUT2D eigenvalue weighted by Gasteiger charge is 2.17. The average Bonchev–Trinajstić information content (AvgIpc) is 3.22. The number of carbonyl (C=O) groups excluding carboxylic acids is 1. The van der Waals surface area contributed by atoms with E-state index in [0.29, 0.717) is 33.6 Å². The number of aromatic amines is 1. The number of rotatable bonds is 9. The molecule has 13 heteroatoms. The number of primary amides is 1. The predicted octanol–water partition coefficient (Wildman–Crippen LogP) is 0.945. The van der Waals surface area contributed by atoms with E-state index < -0.39 is 17.2 Å². The summed E-state index contributed by atoms with van der Waals surface area (Å²) in [6.45, 7) is 2.54. The van der Waals surface area contributed by atoms with E-state index in [9.17, 15) is 14.4 Å². The smallest absolute Gasteiger partial charge is 0.330 e. The number of aromatic nitrogens is 6. The molecule has 0 spiro atoms. The molecule has 10 nitrogen and oxygen atoms in total. The third kappa shape index (κ3) is 4.47. The molecule has 0 aliphatic rings. The van der Waals surface area contributed by atoms with Crippen LogP contribution in [0.15, 0.2) is 18.3 Å². The van der Waals surface area contributed by atoms with Crippen LogP contribution >= 0.6 is 34.9 Å². The van der Waals surface area contributed by atoms with E-state index in [0.717, 1.165) is 17.2 Å². The first kappa shape index (κ1) is 20.6. The van der Waals surface area contributed by atoms with E-state index in [-0.39, 0.29) is 5.75 Å². The molecule has 0 saturated carbocycles. The van der Waals surface area contributed by atoms with Crippen molar-refractivity contribution in [1.29, 1.82) is 0 Å². The number of nitrogens with one attached hydrogen (secondary N) is 1. The third-order valence-corrected chi connectivity index (χ3v) is 7.10. The Kier molecular flexibility index (Phi) is 6.57. The summed E-state index contributed by atoms with van der Waals surface area (Å²) in [6, 6.07) is 0. The number of aryl methyl sites for hydroxylation is 2. The van der Waals surface area contributed by atoms with Gasteiger partial charge in [0.15, 0.2) is 19.8 Å². The van der Waals surface area contributed by atoms with Crippen LogP contribution in [-0.2, 0) is 24.1 Å². The zero-order valence-corrected chi connectivity index (χ0v) is 17.7. The second kappa shape index (κ2) is 8.92. The van der Waals surface area contributed by atoms with E-state index in [1.807, 2.05) is 6.92 Å². The minimum Gasteiger partial charge on any atom is -0.369 e. The van der Waals surface area contributed by atoms with Crippen LogP contribution in [0.3, 0.4) is 0 Å². The monoisotopic (exact) mass is 441 g/mol. The van der Waals surface area contributed by atoms with Gasteiger partial charge in [-0.3, -0.25) is 19.1 Å². The molecule has 3 N–H and O–H groups in total. The number of hydrogen-bond acceptors (Lipinski definition) is 9. The molecule has 150 valence electrons. The Labute approximate surface area is 171 Å². The molecular formula is C15H19N7O3S3. The summed E-state index contributed by atoms with van der Waals surface area (Å²) < 4.78 is 4.59. The summed E-state index contributed by atoms with van der Waals surface area (Å²) >= 11 is 4.03. The largest absolute Gasteiger partial charge is 0.369 e. The number of unbranched alkanes of at least 4 members (excludes halogenated alkanes) is 1. The van der Waals surface area contributed by atoms with Gasteiger partial charge in [0.05, 0.1) is 11.5 Å². The Balaban J connectivity index is 1.83. The van der Waals surface area contributed by atoms with E-state index in [4.69, 9.17) is 5.73 Å². The Morgan fingerprint density at radius 3 is 2.64 bits per heavy atom. The molecular weight excluding hydrogens is 422 g/mol. The fourth-order valence-corrected chi connectivity index (χ4v) is 5.26. The molecule has 0 aromatic carbocycles. The van der Waals surface area contributed by atoms with E-state index in [2.05, 4.69) is 20.2 Å². The lowest BCUT2D eigenvalue weighted by Crippen LogP contribution is -2.31. The van der Waals surface area contributed by atoms with Gasteiger partial charge >= 0.3 is 5.69 Å². The first-order valence-electron chi connectivity index (χ1n) is 8.46. The van der Waals surface area contributed by atoms with Gasteiger partial charge < -0.3 is 10.3 Å². The van der Waals surface area contributed by atoms with Gasteiger partial charge in [0.2, 0.25) is 5.91 Å². The van der Waals surface area contributed by atoms with Crippen molar-refractivity contribution in [3.63, 3.8) is 0 Å². The van der Waals surface area contributed by atoms with Crippen molar-refractivity contribution in [1.82, 2.24) is 29.3 Å². The number of hydrogen-bond donors (Lipinski definition) is 2. The second-order valence-corrected chi connectivity index (χ2v) is 9.32. The number of thioether (sulfide) groups is 2. The van der Waals surface area contributed by atoms with Crippen LogP contribution in [0.25, 0.3) is 11.2 Å². The van der Waals surface area contributed by atoms with Crippen molar-refractivity contribution in [2.75, 3.05) is 5.75 Å². The second-order valence-electron chi connectivity index (χ2n) is 5.90. The Bertz CT molecular complexity index is 1110. The van der Waals surface area contributed by atoms with Gasteiger partial charge in [0.25, 0.3) is 5.56 Å². The Hall–Kier alpha value is -2.12. The number of imidazole rings is 1. The van der Waals surface area contributed by atoms with Crippen molar-refractivity contribution in [3.05, 3.63) is 26.7 Å². The lowest BCUT2D eigenvalue weighted by molar-refractivity contribution is -0.115. The summed E-state index contributed by atoms with van der Waals surface area (Å²) in [7, 11) is 1.75. The number of nitrogens with two attached hydrogens (primary N) is 1. The van der Waals surface area contributed by atoms with Crippen molar-refractivity contribution >= 4 is 51.9 Å². The zero-order valence-electron chi connectivity index (χ0n) is 15.3. The molecule has 0 aliphatic carbocycles. The highest BCUT2D eigenvalue weighted by atomic mass is 32.2. The van der Waals surface area contributed by atoms with Crippen LogP contribution in [0.1, 0.15) is 25.6 Å². The fourth-order valence-electron chi connectivity index (χ4n) is 2.52. The zero-order chi connectivity index (χ0) is 20.3. The number of carbonyl (C=O) groups is 1. The van der Waals surface area contributed by atoms with Crippen molar-refractivity contribution in [3.8, 4) is 0 Å². The number of nitrogens with zero attached hydrogens (tertiary/aromatic N) is 5. The fraction of sp³-hybridized carbons (Fsp3) is 0.467. The molecule has 3 rings (SSSR count). The molecule has 3 aromatic rings. The average molecular weight is 442 g/mol. The van der Waals surface area contributed by atoms with E-state index in [1.54, 1.807) is 11.6 Å². The predicted molar refractivity (Wildman–Crippen MR) is 110 cm³/mol. The summed E-state index contributed by atoms with van der Waals surface area (Å²) in [5.41, 5.74) is 5.02. The quantitative estimate of drug-likeness (QED) is 0.467. The summed E-state index contributed by atoms with van der Waals surface area (Å²) in [5.74, 6) is 0.862. The molecule has 3 heterocycles. The Morgan fingerprint density at radius 1 is 1.25 bits per heavy atom. The summed E-state index contributed by atoms with van der Waals surface area (Å²) in [6.07, 6.45) is 1.74. The molecule has 0 bridgehead atoms. The van der Waals surface area contributed by atoms with Gasteiger partial charge in [-0.1, -0.05) is 48.2 Å². The Morgan fingerprint density at radius 2 is 1.96 bits per heavy atom. The van der Waals surface area contributed by atoms with Crippen LogP contribution in [0.2, 0.25) is 0 Å². The lowest BCUT2D eigenvalue weighted by atomic mass is 10.3. The first-order chi connectivity index (χ1) is 13.4. The molecule has 0 aliphatic heterocycles. The van der Waals surface area contributed by atoms with Crippen LogP contribution in [-0.4, -0.2) is 41.0 Å². The van der Waals surface area contributed by atoms with Crippen LogP contribution in [0, 0.1) is 0 Å². The van der Waals surface area contributed by atoms with E-state index in [1.165, 1.54) is 39.4 Å². The van der Waals surface area contributed by atoms with Gasteiger partial charge in [-0.25, -0.2) is 9.78 Å². The van der Waals surface area contributed by atoms with Gasteiger partial charge in [-0.15, -0.1) is 10.2 Å². The maximum Gasteiger partial charge on any atom is 0.330 e. The maximum absolute atomic E-state index is 12.3. The molecule has 0 saturated heterocycles. The standard InChI is InChI=1S/C15H19N7O3S3/c1-3-4-5-22-11-10(12(24)18-13(22)25)21(2)9(17-11)7-27-15-20-19-14(28-15)26-6-8(16)23/h3-7H2,1-2H3,(H2,16,23)(H,18,24,25). The van der Waals surface area contributed by atoms with E-state index >= 15 is 0 Å². The molecule has 0 fully saturated rings. The molecule has 3 aromatic heterocycles. The van der Waals surface area contributed by atoms with Gasteiger partial charge in [0.1, 0.15) is 5.82 Å². The summed E-state index contributed by atoms with van der Waals surface area (Å²) in [4.78, 5) is 42.2. The van der Waals surface area contributed by atoms with Gasteiger partial charge in [0, 0.05) is 13.6 Å². The van der Waals surface area contributed by atoms with Crippen molar-refractivity contribution in [2.24, 2.45) is 12.8 Å². The summed E-state index contributed by atoms with van der Waals surface area (Å²) in [5, 5.41) is 8.10. The van der Waals surface area contributed by atoms with Gasteiger partial charge in [-0.2, -0.15) is 0 Å². The molecule has 28 heavy (non-hydrogen) atoms. The number of H-pyrrole nitrogens is 1. The normalized spacial score (nSPS) is 11.4. The van der Waals surface area contributed by atoms with Crippen LogP contribution in [0.5, 0.6) is 0 Å². The van der Waals surface area contributed by atoms with Crippen LogP contribution in [0.4, 0.5) is 0 Å². The molecule has 0 unspecified atom stereocenters. The maximum atomic E-state index is 12.3. The first-order valence-corrected chi connectivity index (χ1v) is 11.2. The van der Waals surface area contributed by atoms with Crippen LogP contribution < -0.4 is 17.0 Å². The molecule has 0 radical (unpaired) electrons. The molecule has 1 amide bonds. The topological polar surface area (TPSA) is 142 Å². The highest BCUT2D eigenvalue weighted by molar-refractivity contribution is 8.03. The SMILES string of the molecule is CCCCn1c(=O)[nH]c(=O)c2c1nc(CSc1nnc(SCC(N)=O)s1)n2C. The minimum absolute atomic E-state index is 0.155. The van der Waals surface area contributed by atoms with Gasteiger partial charge in [-0.05, 0) is 6.42 Å². The third-order valence-electron chi connectivity index (χ3n) is 3.89. The molecule has 0 atom stereocenters. The number of fused-ring (bicyclic) bond motifs is 1. The number of amides is 1. The van der Waals surface area contributed by atoms with Crippen molar-refractivity contribution < 1.29 is 4.79 Å².